The van der Waals surface area contributed by atoms with Gasteiger partial charge < -0.3 is 14.7 Å². The normalized spacial score (nSPS) is 15.8. The van der Waals surface area contributed by atoms with Crippen LogP contribution < -0.4 is 4.74 Å². The van der Waals surface area contributed by atoms with Crippen LogP contribution in [0, 0.1) is 5.92 Å². The molecule has 1 unspecified atom stereocenters. The van der Waals surface area contributed by atoms with E-state index in [4.69, 9.17) is 14.7 Å². The Balaban J connectivity index is 1.36. The second-order valence-corrected chi connectivity index (χ2v) is 7.85. The summed E-state index contributed by atoms with van der Waals surface area (Å²) in [6, 6.07) is 19.6. The summed E-state index contributed by atoms with van der Waals surface area (Å²) in [5.41, 5.74) is 4.95. The Morgan fingerprint density at radius 1 is 1.09 bits per heavy atom. The predicted octanol–water partition coefficient (Wildman–Crippen LogP) is 4.68. The van der Waals surface area contributed by atoms with Gasteiger partial charge in [-0.15, -0.1) is 0 Å². The summed E-state index contributed by atoms with van der Waals surface area (Å²) in [5.74, 6) is 0.108. The zero-order chi connectivity index (χ0) is 22.9. The standard InChI is InChI=1S/C27H26N2O4/c30-26(31)19-32-25-12-4-10-22-17-20(13-14-24(22)25)7-6-16-33-29-27(21-8-2-1-3-9-21)23-11-5-15-28-18-23/h1-12,15,18,20H,13-14,16-17,19H2,(H,30,31). The Bertz CT molecular complexity index is 1090. The Kier molecular flexibility index (Phi) is 7.48. The van der Waals surface area contributed by atoms with E-state index < -0.39 is 5.97 Å². The van der Waals surface area contributed by atoms with Gasteiger partial charge in [0.15, 0.2) is 6.61 Å². The molecule has 6 nitrogen and oxygen atoms in total. The number of nitrogens with zero attached hydrogens (tertiary/aromatic N) is 2. The number of hydrogen-bond acceptors (Lipinski definition) is 5. The van der Waals surface area contributed by atoms with Gasteiger partial charge in [-0.05, 0) is 60.6 Å². The number of fused-ring (bicyclic) bond motifs is 1. The molecule has 2 aromatic carbocycles. The average molecular weight is 443 g/mol. The molecule has 0 amide bonds. The molecule has 3 aromatic rings. The van der Waals surface area contributed by atoms with Crippen LogP contribution >= 0.6 is 0 Å². The molecule has 1 atom stereocenters. The third kappa shape index (κ3) is 6.07. The topological polar surface area (TPSA) is 81.0 Å². The zero-order valence-corrected chi connectivity index (χ0v) is 18.3. The van der Waals surface area contributed by atoms with Crippen molar-refractivity contribution in [1.29, 1.82) is 0 Å². The van der Waals surface area contributed by atoms with Crippen LogP contribution in [0.3, 0.4) is 0 Å². The minimum absolute atomic E-state index is 0.318. The highest BCUT2D eigenvalue weighted by Gasteiger charge is 2.20. The van der Waals surface area contributed by atoms with E-state index in [1.54, 1.807) is 12.4 Å². The molecule has 0 bridgehead atoms. The highest BCUT2D eigenvalue weighted by atomic mass is 16.6. The largest absolute Gasteiger partial charge is 0.482 e. The lowest BCUT2D eigenvalue weighted by Gasteiger charge is -2.24. The second kappa shape index (κ2) is 11.1. The lowest BCUT2D eigenvalue weighted by Crippen LogP contribution is -2.16. The number of rotatable bonds is 9. The van der Waals surface area contributed by atoms with Gasteiger partial charge in [0.1, 0.15) is 18.1 Å². The van der Waals surface area contributed by atoms with Crippen molar-refractivity contribution >= 4 is 11.7 Å². The van der Waals surface area contributed by atoms with Crippen molar-refractivity contribution in [2.24, 2.45) is 11.1 Å². The Morgan fingerprint density at radius 3 is 2.73 bits per heavy atom. The number of carbonyl (C=O) groups is 1. The van der Waals surface area contributed by atoms with Crippen molar-refractivity contribution in [3.63, 3.8) is 0 Å². The van der Waals surface area contributed by atoms with Crippen LogP contribution in [0.25, 0.3) is 0 Å². The van der Waals surface area contributed by atoms with E-state index in [1.165, 1.54) is 5.56 Å². The summed E-state index contributed by atoms with van der Waals surface area (Å²) in [6.45, 7) is 0.0589. The molecule has 1 aliphatic rings. The number of carboxylic acid groups (broad SMARTS) is 1. The molecule has 168 valence electrons. The summed E-state index contributed by atoms with van der Waals surface area (Å²) >= 11 is 0. The smallest absolute Gasteiger partial charge is 0.341 e. The SMILES string of the molecule is O=C(O)COc1cccc2c1CCC(C=CCON=C(c1ccccc1)c1cccnc1)C2. The minimum atomic E-state index is -0.967. The first-order chi connectivity index (χ1) is 16.2. The summed E-state index contributed by atoms with van der Waals surface area (Å²) in [5, 5.41) is 13.3. The van der Waals surface area contributed by atoms with Crippen molar-refractivity contribution in [2.45, 2.75) is 19.3 Å². The van der Waals surface area contributed by atoms with Gasteiger partial charge in [0.25, 0.3) is 0 Å². The van der Waals surface area contributed by atoms with Gasteiger partial charge in [0.2, 0.25) is 0 Å². The van der Waals surface area contributed by atoms with Gasteiger partial charge in [-0.1, -0.05) is 53.7 Å². The van der Waals surface area contributed by atoms with Crippen molar-refractivity contribution in [3.8, 4) is 5.75 Å². The van der Waals surface area contributed by atoms with Gasteiger partial charge in [-0.3, -0.25) is 4.98 Å². The molecule has 0 fully saturated rings. The predicted molar refractivity (Wildman–Crippen MR) is 126 cm³/mol. The number of aliphatic carboxylic acids is 1. The van der Waals surface area contributed by atoms with Crippen LogP contribution in [-0.4, -0.2) is 35.0 Å². The molecule has 0 saturated heterocycles. The van der Waals surface area contributed by atoms with Crippen LogP contribution in [0.5, 0.6) is 5.75 Å². The number of aromatic nitrogens is 1. The zero-order valence-electron chi connectivity index (χ0n) is 18.3. The Morgan fingerprint density at radius 2 is 1.94 bits per heavy atom. The highest BCUT2D eigenvalue weighted by molar-refractivity contribution is 6.12. The summed E-state index contributed by atoms with van der Waals surface area (Å²) in [4.78, 5) is 20.6. The minimum Gasteiger partial charge on any atom is -0.482 e. The van der Waals surface area contributed by atoms with Crippen molar-refractivity contribution in [1.82, 2.24) is 4.98 Å². The third-order valence-corrected chi connectivity index (χ3v) is 5.55. The van der Waals surface area contributed by atoms with Gasteiger partial charge in [0.05, 0.1) is 0 Å². The monoisotopic (exact) mass is 442 g/mol. The van der Waals surface area contributed by atoms with E-state index in [9.17, 15) is 4.79 Å². The van der Waals surface area contributed by atoms with E-state index >= 15 is 0 Å². The Labute approximate surface area is 193 Å². The third-order valence-electron chi connectivity index (χ3n) is 5.55. The van der Waals surface area contributed by atoms with Crippen LogP contribution in [0.15, 0.2) is 90.4 Å². The van der Waals surface area contributed by atoms with E-state index in [0.29, 0.717) is 18.3 Å². The molecule has 0 saturated carbocycles. The van der Waals surface area contributed by atoms with Crippen molar-refractivity contribution in [2.75, 3.05) is 13.2 Å². The summed E-state index contributed by atoms with van der Waals surface area (Å²) < 4.78 is 5.45. The number of ether oxygens (including phenoxy) is 1. The number of hydrogen-bond donors (Lipinski definition) is 1. The first kappa shape index (κ1) is 22.3. The molecule has 1 aliphatic carbocycles. The molecule has 1 aromatic heterocycles. The number of benzene rings is 2. The van der Waals surface area contributed by atoms with Crippen molar-refractivity contribution < 1.29 is 19.5 Å². The molecule has 0 radical (unpaired) electrons. The number of carboxylic acids is 1. The second-order valence-electron chi connectivity index (χ2n) is 7.85. The first-order valence-corrected chi connectivity index (χ1v) is 11.0. The molecule has 1 heterocycles. The van der Waals surface area contributed by atoms with E-state index in [-0.39, 0.29) is 6.61 Å². The van der Waals surface area contributed by atoms with E-state index in [1.807, 2.05) is 60.7 Å². The summed E-state index contributed by atoms with van der Waals surface area (Å²) in [7, 11) is 0. The maximum Gasteiger partial charge on any atom is 0.341 e. The molecular weight excluding hydrogens is 416 g/mol. The molecule has 4 rings (SSSR count). The molecule has 0 aliphatic heterocycles. The molecule has 6 heteroatoms. The van der Waals surface area contributed by atoms with Crippen LogP contribution in [-0.2, 0) is 22.5 Å². The maximum absolute atomic E-state index is 10.8. The van der Waals surface area contributed by atoms with Crippen LogP contribution in [0.4, 0.5) is 0 Å². The molecule has 33 heavy (non-hydrogen) atoms. The van der Waals surface area contributed by atoms with E-state index in [0.717, 1.165) is 41.7 Å². The maximum atomic E-state index is 10.8. The molecule has 0 spiro atoms. The lowest BCUT2D eigenvalue weighted by atomic mass is 9.83. The molecular formula is C27H26N2O4. The summed E-state index contributed by atoms with van der Waals surface area (Å²) in [6.07, 6.45) is 10.4. The lowest BCUT2D eigenvalue weighted by molar-refractivity contribution is -0.139. The van der Waals surface area contributed by atoms with E-state index in [2.05, 4.69) is 22.3 Å². The quantitative estimate of drug-likeness (QED) is 0.225. The number of allylic oxidation sites excluding steroid dienone is 1. The fraction of sp³-hybridized carbons (Fsp3) is 0.222. The first-order valence-electron chi connectivity index (χ1n) is 11.0. The number of pyridine rings is 1. The van der Waals surface area contributed by atoms with Crippen LogP contribution in [0.1, 0.15) is 28.7 Å². The average Bonchev–Trinajstić information content (AvgIpc) is 2.85. The van der Waals surface area contributed by atoms with Gasteiger partial charge in [-0.25, -0.2) is 4.79 Å². The fourth-order valence-corrected chi connectivity index (χ4v) is 4.00. The highest BCUT2D eigenvalue weighted by Crippen LogP contribution is 2.32. The van der Waals surface area contributed by atoms with Gasteiger partial charge in [-0.2, -0.15) is 0 Å². The fourth-order valence-electron chi connectivity index (χ4n) is 4.00. The van der Waals surface area contributed by atoms with Crippen molar-refractivity contribution in [3.05, 3.63) is 107 Å². The van der Waals surface area contributed by atoms with Gasteiger partial charge in [0, 0.05) is 23.5 Å². The van der Waals surface area contributed by atoms with Gasteiger partial charge >= 0.3 is 5.97 Å². The Hall–Kier alpha value is -3.93. The molecule has 1 N–H and O–H groups in total. The van der Waals surface area contributed by atoms with Crippen LogP contribution in [0.2, 0.25) is 0 Å². The number of oxime groups is 1.